The van der Waals surface area contributed by atoms with Crippen LogP contribution < -0.4 is 0 Å². The summed E-state index contributed by atoms with van der Waals surface area (Å²) in [6.45, 7) is 2.44. The molecule has 1 aromatic rings. The van der Waals surface area contributed by atoms with E-state index in [2.05, 4.69) is 6.92 Å². The number of hydrogen-bond donors (Lipinski definition) is 0. The molecule has 2 aliphatic rings. The molecule has 0 amide bonds. The molecule has 27 heavy (non-hydrogen) atoms. The van der Waals surface area contributed by atoms with E-state index in [0.29, 0.717) is 5.92 Å². The van der Waals surface area contributed by atoms with E-state index < -0.39 is 11.6 Å². The molecule has 2 fully saturated rings. The molecule has 2 aliphatic carbocycles. The van der Waals surface area contributed by atoms with Crippen LogP contribution in [-0.4, -0.2) is 0 Å². The fraction of sp³-hybridized carbons (Fsp3) is 0.760. The predicted molar refractivity (Wildman–Crippen MR) is 110 cm³/mol. The lowest BCUT2D eigenvalue weighted by Gasteiger charge is -2.29. The van der Waals surface area contributed by atoms with Crippen molar-refractivity contribution < 1.29 is 8.78 Å². The van der Waals surface area contributed by atoms with Crippen molar-refractivity contribution in [2.24, 2.45) is 17.8 Å². The second kappa shape index (κ2) is 10.6. The van der Waals surface area contributed by atoms with Crippen LogP contribution in [0.15, 0.2) is 18.2 Å². The highest BCUT2D eigenvalue weighted by molar-refractivity contribution is 5.22. The highest BCUT2D eigenvalue weighted by Gasteiger charge is 2.23. The van der Waals surface area contributed by atoms with E-state index in [1.165, 1.54) is 89.2 Å². The first-order chi connectivity index (χ1) is 13.1. The molecule has 1 atom stereocenters. The van der Waals surface area contributed by atoms with E-state index in [4.69, 9.17) is 0 Å². The van der Waals surface area contributed by atoms with Crippen LogP contribution in [0.5, 0.6) is 0 Å². The molecule has 3 rings (SSSR count). The number of halogens is 2. The van der Waals surface area contributed by atoms with Crippen LogP contribution in [0.3, 0.4) is 0 Å². The van der Waals surface area contributed by atoms with E-state index in [-0.39, 0.29) is 0 Å². The van der Waals surface area contributed by atoms with Gasteiger partial charge in [-0.1, -0.05) is 77.2 Å². The van der Waals surface area contributed by atoms with Crippen molar-refractivity contribution in [3.8, 4) is 0 Å². The Bertz CT molecular complexity index is 553. The first kappa shape index (κ1) is 20.8. The van der Waals surface area contributed by atoms with Gasteiger partial charge in [-0.05, 0) is 67.1 Å². The maximum atomic E-state index is 13.5. The quantitative estimate of drug-likeness (QED) is 0.427. The molecule has 0 bridgehead atoms. The molecule has 2 heteroatoms. The maximum Gasteiger partial charge on any atom is 0.159 e. The first-order valence-corrected chi connectivity index (χ1v) is 11.6. The maximum absolute atomic E-state index is 13.5. The average molecular weight is 377 g/mol. The van der Waals surface area contributed by atoms with E-state index in [1.807, 2.05) is 0 Å². The summed E-state index contributed by atoms with van der Waals surface area (Å²) in [5.41, 5.74) is 0.989. The van der Waals surface area contributed by atoms with Crippen molar-refractivity contribution in [1.82, 2.24) is 0 Å². The van der Waals surface area contributed by atoms with Gasteiger partial charge in [0.25, 0.3) is 0 Å². The predicted octanol–water partition coefficient (Wildman–Crippen LogP) is 8.41. The Balaban J connectivity index is 1.30. The van der Waals surface area contributed by atoms with Gasteiger partial charge in [-0.2, -0.15) is 0 Å². The van der Waals surface area contributed by atoms with Crippen molar-refractivity contribution in [2.75, 3.05) is 0 Å². The summed E-state index contributed by atoms with van der Waals surface area (Å²) in [7, 11) is 0. The van der Waals surface area contributed by atoms with E-state index in [1.54, 1.807) is 6.07 Å². The van der Waals surface area contributed by atoms with Crippen LogP contribution in [0.1, 0.15) is 108 Å². The van der Waals surface area contributed by atoms with Crippen molar-refractivity contribution in [3.63, 3.8) is 0 Å². The SMILES string of the molecule is CC(CCCC1CCCCC1)CCC1CCC(c2ccc(F)c(F)c2)CC1. The summed E-state index contributed by atoms with van der Waals surface area (Å²) in [5, 5.41) is 0. The highest BCUT2D eigenvalue weighted by atomic mass is 19.2. The Morgan fingerprint density at radius 2 is 1.52 bits per heavy atom. The molecule has 0 saturated heterocycles. The van der Waals surface area contributed by atoms with Gasteiger partial charge in [0, 0.05) is 0 Å². The third-order valence-electron chi connectivity index (χ3n) is 7.36. The van der Waals surface area contributed by atoms with Crippen LogP contribution in [0, 0.1) is 29.4 Å². The number of rotatable bonds is 8. The van der Waals surface area contributed by atoms with Gasteiger partial charge in [0.05, 0.1) is 0 Å². The summed E-state index contributed by atoms with van der Waals surface area (Å²) in [4.78, 5) is 0. The summed E-state index contributed by atoms with van der Waals surface area (Å²) in [5.74, 6) is 1.72. The monoisotopic (exact) mass is 376 g/mol. The van der Waals surface area contributed by atoms with Gasteiger partial charge >= 0.3 is 0 Å². The molecule has 0 aliphatic heterocycles. The normalized spacial score (nSPS) is 25.4. The van der Waals surface area contributed by atoms with Gasteiger partial charge in [-0.3, -0.25) is 0 Å². The molecule has 0 radical (unpaired) electrons. The minimum Gasteiger partial charge on any atom is -0.204 e. The number of hydrogen-bond acceptors (Lipinski definition) is 0. The Morgan fingerprint density at radius 3 is 2.22 bits per heavy atom. The van der Waals surface area contributed by atoms with Crippen LogP contribution in [0.4, 0.5) is 8.78 Å². The van der Waals surface area contributed by atoms with Gasteiger partial charge in [-0.15, -0.1) is 0 Å². The van der Waals surface area contributed by atoms with Gasteiger partial charge in [0.2, 0.25) is 0 Å². The molecule has 0 nitrogen and oxygen atoms in total. The van der Waals surface area contributed by atoms with Crippen molar-refractivity contribution >= 4 is 0 Å². The molecule has 0 aromatic heterocycles. The van der Waals surface area contributed by atoms with Crippen LogP contribution in [-0.2, 0) is 0 Å². The molecular weight excluding hydrogens is 338 g/mol. The molecule has 0 N–H and O–H groups in total. The first-order valence-electron chi connectivity index (χ1n) is 11.6. The molecule has 152 valence electrons. The lowest BCUT2D eigenvalue weighted by molar-refractivity contribution is 0.279. The molecule has 1 aromatic carbocycles. The van der Waals surface area contributed by atoms with Gasteiger partial charge in [0.1, 0.15) is 0 Å². The smallest absolute Gasteiger partial charge is 0.159 e. The van der Waals surface area contributed by atoms with Crippen molar-refractivity contribution in [3.05, 3.63) is 35.4 Å². The molecule has 2 saturated carbocycles. The Kier molecular flexibility index (Phi) is 8.15. The van der Waals surface area contributed by atoms with Gasteiger partial charge < -0.3 is 0 Å². The Morgan fingerprint density at radius 1 is 0.815 bits per heavy atom. The topological polar surface area (TPSA) is 0 Å². The molecule has 0 spiro atoms. The van der Waals surface area contributed by atoms with Crippen LogP contribution >= 0.6 is 0 Å². The Hall–Kier alpha value is -0.920. The zero-order valence-electron chi connectivity index (χ0n) is 17.2. The lowest BCUT2D eigenvalue weighted by atomic mass is 9.76. The van der Waals surface area contributed by atoms with Crippen LogP contribution in [0.2, 0.25) is 0 Å². The summed E-state index contributed by atoms with van der Waals surface area (Å²) >= 11 is 0. The minimum absolute atomic E-state index is 0.421. The number of benzene rings is 1. The fourth-order valence-corrected chi connectivity index (χ4v) is 5.45. The highest BCUT2D eigenvalue weighted by Crippen LogP contribution is 2.38. The third kappa shape index (κ3) is 6.57. The average Bonchev–Trinajstić information content (AvgIpc) is 2.70. The minimum atomic E-state index is -0.732. The molecule has 0 heterocycles. The third-order valence-corrected chi connectivity index (χ3v) is 7.36. The van der Waals surface area contributed by atoms with Gasteiger partial charge in [0.15, 0.2) is 11.6 Å². The van der Waals surface area contributed by atoms with Crippen molar-refractivity contribution in [1.29, 1.82) is 0 Å². The second-order valence-corrected chi connectivity index (χ2v) is 9.51. The van der Waals surface area contributed by atoms with Gasteiger partial charge in [-0.25, -0.2) is 8.78 Å². The van der Waals surface area contributed by atoms with E-state index >= 15 is 0 Å². The largest absolute Gasteiger partial charge is 0.204 e. The zero-order valence-corrected chi connectivity index (χ0v) is 17.2. The summed E-state index contributed by atoms with van der Waals surface area (Å²) in [6, 6.07) is 4.47. The van der Waals surface area contributed by atoms with Crippen LogP contribution in [0.25, 0.3) is 0 Å². The Labute approximate surface area is 165 Å². The standard InChI is InChI=1S/C25H38F2/c1-19(6-5-9-20-7-3-2-4-8-20)10-11-21-12-14-22(15-13-21)23-16-17-24(26)25(27)18-23/h16-22H,2-15H2,1H3. The van der Waals surface area contributed by atoms with Crippen molar-refractivity contribution in [2.45, 2.75) is 103 Å². The summed E-state index contributed by atoms with van der Waals surface area (Å²) in [6.07, 6.45) is 19.1. The fourth-order valence-electron chi connectivity index (χ4n) is 5.45. The summed E-state index contributed by atoms with van der Waals surface area (Å²) < 4.78 is 26.6. The molecule has 1 unspecified atom stereocenters. The van der Waals surface area contributed by atoms with E-state index in [9.17, 15) is 8.78 Å². The van der Waals surface area contributed by atoms with E-state index in [0.717, 1.165) is 36.2 Å². The zero-order chi connectivity index (χ0) is 19.1. The molecular formula is C25H38F2. The second-order valence-electron chi connectivity index (χ2n) is 9.51. The lowest BCUT2D eigenvalue weighted by Crippen LogP contribution is -2.14.